The number of aliphatic carboxylic acids is 1. The lowest BCUT2D eigenvalue weighted by atomic mass is 10.0. The van der Waals surface area contributed by atoms with Gasteiger partial charge in [-0.1, -0.05) is 94.7 Å². The Hall–Kier alpha value is -3.72. The first-order valence-corrected chi connectivity index (χ1v) is 22.6. The smallest absolute Gasteiger partial charge is 0.303 e. The summed E-state index contributed by atoms with van der Waals surface area (Å²) in [6.07, 6.45) is 20.9. The average Bonchev–Trinajstić information content (AvgIpc) is 3.21. The summed E-state index contributed by atoms with van der Waals surface area (Å²) in [5.74, 6) is -1.69. The number of carboxylic acids is 1. The van der Waals surface area contributed by atoms with Crippen LogP contribution in [0.5, 0.6) is 0 Å². The molecule has 3 amide bonds. The number of Topliss-reactive ketones (excluding diaryl/α,β-unsaturated/α-hetero) is 2. The Morgan fingerprint density at radius 2 is 1.02 bits per heavy atom. The van der Waals surface area contributed by atoms with Crippen molar-refractivity contribution in [2.75, 3.05) is 59.4 Å². The number of amides is 3. The summed E-state index contributed by atoms with van der Waals surface area (Å²) in [5, 5.41) is 14.1. The molecular weight excluding hydrogens is 771 g/mol. The van der Waals surface area contributed by atoms with Crippen molar-refractivity contribution in [2.24, 2.45) is 5.73 Å². The van der Waals surface area contributed by atoms with E-state index in [0.717, 1.165) is 37.7 Å². The van der Waals surface area contributed by atoms with Crippen LogP contribution in [-0.4, -0.2) is 106 Å². The van der Waals surface area contributed by atoms with Crippen molar-refractivity contribution in [3.05, 3.63) is 35.4 Å². The number of aryl methyl sites for hydroxylation is 1. The molecule has 0 saturated carbocycles. The van der Waals surface area contributed by atoms with Crippen molar-refractivity contribution in [2.45, 2.75) is 161 Å². The number of nitrogens with two attached hydrogens (primary N) is 1. The predicted molar refractivity (Wildman–Crippen MR) is 232 cm³/mol. The van der Waals surface area contributed by atoms with Gasteiger partial charge >= 0.3 is 5.97 Å². The molecule has 0 aromatic heterocycles. The molecule has 14 nitrogen and oxygen atoms in total. The number of ketones is 2. The summed E-state index contributed by atoms with van der Waals surface area (Å²) in [6, 6.07) is 6.45. The predicted octanol–water partition coefficient (Wildman–Crippen LogP) is 6.96. The summed E-state index contributed by atoms with van der Waals surface area (Å²) >= 11 is 0. The zero-order chi connectivity index (χ0) is 43.9. The average molecular weight is 848 g/mol. The van der Waals surface area contributed by atoms with Gasteiger partial charge in [0.2, 0.25) is 11.8 Å². The molecule has 0 bridgehead atoms. The molecule has 5 N–H and O–H groups in total. The monoisotopic (exact) mass is 848 g/mol. The molecule has 0 aliphatic carbocycles. The van der Waals surface area contributed by atoms with E-state index in [9.17, 15) is 28.8 Å². The third kappa shape index (κ3) is 34.0. The Balaban J connectivity index is 1.85. The standard InChI is InChI=1S/C46H77N3O11/c1-38-25-27-39(28-26-38)46(56)48-29-17-16-23-42(45(47)55)49-43(52)37-60-35-33-58-31-19-22-41(51)36-59-34-32-57-30-18-21-40(50)20-14-12-10-8-6-4-2-3-5-7-9-11-13-15-24-44(53)54/h25-28,42H,2-24,29-37H2,1H3,(H2,47,55)(H,48,56)(H,49,52)(H,53,54). The molecule has 0 aliphatic rings. The first-order valence-electron chi connectivity index (χ1n) is 22.6. The van der Waals surface area contributed by atoms with Crippen molar-refractivity contribution in [1.29, 1.82) is 0 Å². The summed E-state index contributed by atoms with van der Waals surface area (Å²) in [7, 11) is 0. The maximum absolute atomic E-state index is 12.2. The van der Waals surface area contributed by atoms with E-state index in [1.54, 1.807) is 12.1 Å². The molecule has 342 valence electrons. The van der Waals surface area contributed by atoms with Crippen LogP contribution in [0, 0.1) is 6.92 Å². The molecule has 60 heavy (non-hydrogen) atoms. The molecule has 1 aromatic carbocycles. The third-order valence-corrected chi connectivity index (χ3v) is 10.0. The molecule has 1 unspecified atom stereocenters. The molecule has 0 radical (unpaired) electrons. The summed E-state index contributed by atoms with van der Waals surface area (Å²) < 4.78 is 21.7. The van der Waals surface area contributed by atoms with E-state index >= 15 is 0 Å². The highest BCUT2D eigenvalue weighted by Crippen LogP contribution is 2.14. The van der Waals surface area contributed by atoms with Gasteiger partial charge in [0.05, 0.1) is 26.4 Å². The molecule has 1 aromatic rings. The lowest BCUT2D eigenvalue weighted by Gasteiger charge is -2.15. The summed E-state index contributed by atoms with van der Waals surface area (Å²) in [6.45, 7) is 4.12. The van der Waals surface area contributed by atoms with Gasteiger partial charge < -0.3 is 40.4 Å². The number of carboxylic acid groups (broad SMARTS) is 1. The second-order valence-electron chi connectivity index (χ2n) is 15.6. The number of hydrogen-bond acceptors (Lipinski definition) is 10. The maximum atomic E-state index is 12.2. The number of carbonyl (C=O) groups is 6. The Kier molecular flexibility index (Phi) is 34.6. The minimum Gasteiger partial charge on any atom is -0.481 e. The second-order valence-corrected chi connectivity index (χ2v) is 15.6. The largest absolute Gasteiger partial charge is 0.481 e. The Bertz CT molecular complexity index is 1310. The van der Waals surface area contributed by atoms with Crippen LogP contribution in [0.1, 0.15) is 164 Å². The van der Waals surface area contributed by atoms with Crippen LogP contribution in [0.3, 0.4) is 0 Å². The molecule has 0 saturated heterocycles. The van der Waals surface area contributed by atoms with E-state index in [1.807, 2.05) is 19.1 Å². The molecule has 1 rings (SSSR count). The van der Waals surface area contributed by atoms with E-state index in [0.29, 0.717) is 102 Å². The fraction of sp³-hybridized carbons (Fsp3) is 0.739. The van der Waals surface area contributed by atoms with E-state index in [-0.39, 0.29) is 38.1 Å². The topological polar surface area (TPSA) is 210 Å². The molecule has 1 atom stereocenters. The van der Waals surface area contributed by atoms with Crippen LogP contribution in [0.2, 0.25) is 0 Å². The van der Waals surface area contributed by atoms with Crippen LogP contribution in [-0.2, 0) is 42.9 Å². The number of carbonyl (C=O) groups excluding carboxylic acids is 5. The lowest BCUT2D eigenvalue weighted by Crippen LogP contribution is -2.45. The van der Waals surface area contributed by atoms with Gasteiger partial charge in [0.1, 0.15) is 25.0 Å². The lowest BCUT2D eigenvalue weighted by molar-refractivity contribution is -0.137. The zero-order valence-corrected chi connectivity index (χ0v) is 36.6. The molecular formula is C46H77N3O11. The fourth-order valence-corrected chi connectivity index (χ4v) is 6.45. The van der Waals surface area contributed by atoms with Gasteiger partial charge in [-0.2, -0.15) is 0 Å². The highest BCUT2D eigenvalue weighted by atomic mass is 16.5. The van der Waals surface area contributed by atoms with Crippen LogP contribution in [0.15, 0.2) is 24.3 Å². The minimum atomic E-state index is -0.831. The highest BCUT2D eigenvalue weighted by Gasteiger charge is 2.18. The van der Waals surface area contributed by atoms with Gasteiger partial charge in [-0.3, -0.25) is 28.8 Å². The third-order valence-electron chi connectivity index (χ3n) is 10.0. The van der Waals surface area contributed by atoms with Crippen LogP contribution >= 0.6 is 0 Å². The summed E-state index contributed by atoms with van der Waals surface area (Å²) in [5.41, 5.74) is 7.11. The number of primary amides is 1. The van der Waals surface area contributed by atoms with Gasteiger partial charge in [0, 0.05) is 51.0 Å². The van der Waals surface area contributed by atoms with Gasteiger partial charge in [-0.15, -0.1) is 0 Å². The first-order chi connectivity index (χ1) is 29.1. The normalized spacial score (nSPS) is 11.6. The molecule has 0 spiro atoms. The van der Waals surface area contributed by atoms with Crippen LogP contribution < -0.4 is 16.4 Å². The number of rotatable bonds is 43. The van der Waals surface area contributed by atoms with Crippen molar-refractivity contribution >= 4 is 35.3 Å². The van der Waals surface area contributed by atoms with Gasteiger partial charge in [-0.05, 0) is 64.0 Å². The Morgan fingerprint density at radius 3 is 1.55 bits per heavy atom. The van der Waals surface area contributed by atoms with E-state index in [4.69, 9.17) is 29.8 Å². The Morgan fingerprint density at radius 1 is 0.550 bits per heavy atom. The fourth-order valence-electron chi connectivity index (χ4n) is 6.45. The second kappa shape index (κ2) is 38.2. The number of benzene rings is 1. The van der Waals surface area contributed by atoms with Crippen molar-refractivity contribution in [3.8, 4) is 0 Å². The van der Waals surface area contributed by atoms with Crippen molar-refractivity contribution < 1.29 is 52.8 Å². The number of unbranched alkanes of at least 4 members (excludes halogenated alkanes) is 14. The molecule has 0 heterocycles. The number of ether oxygens (including phenoxy) is 4. The van der Waals surface area contributed by atoms with Crippen molar-refractivity contribution in [1.82, 2.24) is 10.6 Å². The summed E-state index contributed by atoms with van der Waals surface area (Å²) in [4.78, 5) is 70.9. The van der Waals surface area contributed by atoms with Gasteiger partial charge in [0.15, 0.2) is 5.78 Å². The van der Waals surface area contributed by atoms with Gasteiger partial charge in [-0.25, -0.2) is 0 Å². The van der Waals surface area contributed by atoms with Crippen LogP contribution in [0.25, 0.3) is 0 Å². The van der Waals surface area contributed by atoms with Crippen LogP contribution in [0.4, 0.5) is 0 Å². The van der Waals surface area contributed by atoms with E-state index in [1.165, 1.54) is 57.8 Å². The van der Waals surface area contributed by atoms with Gasteiger partial charge in [0.25, 0.3) is 5.91 Å². The minimum absolute atomic E-state index is 0.0108. The quantitative estimate of drug-likeness (QED) is 0.0494. The highest BCUT2D eigenvalue weighted by molar-refractivity contribution is 5.94. The molecule has 14 heteroatoms. The Labute approximate surface area is 359 Å². The van der Waals surface area contributed by atoms with E-state index in [2.05, 4.69) is 10.6 Å². The zero-order valence-electron chi connectivity index (χ0n) is 36.6. The number of hydrogen-bond donors (Lipinski definition) is 4. The number of nitrogens with one attached hydrogen (secondary N) is 2. The SMILES string of the molecule is Cc1ccc(C(=O)NCCCCC(NC(=O)COCCOCCCC(=O)COCCOCCCC(=O)CCCCCCCCCCCCCCCCC(=O)O)C(N)=O)cc1. The maximum Gasteiger partial charge on any atom is 0.303 e. The van der Waals surface area contributed by atoms with Crippen molar-refractivity contribution in [3.63, 3.8) is 0 Å². The first kappa shape index (κ1) is 54.3. The molecule has 0 aliphatic heterocycles. The van der Waals surface area contributed by atoms with E-state index < -0.39 is 23.8 Å². The molecule has 0 fully saturated rings.